The molecule has 12 nitrogen and oxygen atoms in total. The minimum Gasteiger partial charge on any atom is -0.493 e. The second-order valence-electron chi connectivity index (χ2n) is 9.55. The Kier molecular flexibility index (Phi) is 8.28. The van der Waals surface area contributed by atoms with Gasteiger partial charge in [-0.05, 0) is 55.0 Å². The number of aromatic nitrogens is 2. The van der Waals surface area contributed by atoms with Crippen LogP contribution in [0.3, 0.4) is 0 Å². The Labute approximate surface area is 247 Å². The molecule has 0 spiro atoms. The molecule has 1 fully saturated rings. The van der Waals surface area contributed by atoms with Crippen molar-refractivity contribution in [3.05, 3.63) is 101 Å². The largest absolute Gasteiger partial charge is 0.493 e. The molecule has 2 aromatic carbocycles. The highest BCUT2D eigenvalue weighted by atomic mass is 16.3. The molecule has 0 atom stereocenters. The standard InChI is InChI=1S/C31H29N7O5/c1-32-28(40)26-23(30(42)37(34-26)21-10-5-3-6-11-21)17-15-20(36-19-9-14-25(36)39)16-18-24-27(29(41)33-2)35-38(31(24)43)22-12-7-4-8-13-22/h3-8,10-13,15-18,42H,9,14,19H2,1-2H3,(H,32,40)(H,33,41)/b17-15+,20-16-,24-18-. The first-order valence-electron chi connectivity index (χ1n) is 13.5. The Morgan fingerprint density at radius 2 is 1.58 bits per heavy atom. The van der Waals surface area contributed by atoms with E-state index in [1.165, 1.54) is 41.9 Å². The van der Waals surface area contributed by atoms with Gasteiger partial charge in [-0.3, -0.25) is 19.2 Å². The summed E-state index contributed by atoms with van der Waals surface area (Å²) in [6.07, 6.45) is 7.00. The Bertz CT molecular complexity index is 1700. The van der Waals surface area contributed by atoms with E-state index in [2.05, 4.69) is 20.8 Å². The van der Waals surface area contributed by atoms with Crippen molar-refractivity contribution in [2.75, 3.05) is 25.6 Å². The van der Waals surface area contributed by atoms with Crippen LogP contribution in [0.5, 0.6) is 5.88 Å². The van der Waals surface area contributed by atoms with E-state index in [4.69, 9.17) is 0 Å². The molecule has 0 aliphatic carbocycles. The van der Waals surface area contributed by atoms with Gasteiger partial charge in [0.05, 0.1) is 22.5 Å². The van der Waals surface area contributed by atoms with E-state index in [0.717, 1.165) is 5.01 Å². The fourth-order valence-corrected chi connectivity index (χ4v) is 4.70. The number of benzene rings is 2. The summed E-state index contributed by atoms with van der Waals surface area (Å²) in [6.45, 7) is 0.427. The molecule has 4 amide bonds. The number of allylic oxidation sites excluding steroid dienone is 3. The molecule has 0 unspecified atom stereocenters. The summed E-state index contributed by atoms with van der Waals surface area (Å²) < 4.78 is 1.25. The lowest BCUT2D eigenvalue weighted by Gasteiger charge is -2.16. The smallest absolute Gasteiger partial charge is 0.281 e. The van der Waals surface area contributed by atoms with Crippen molar-refractivity contribution in [3.63, 3.8) is 0 Å². The van der Waals surface area contributed by atoms with Gasteiger partial charge >= 0.3 is 0 Å². The summed E-state index contributed by atoms with van der Waals surface area (Å²) in [6, 6.07) is 17.5. The molecule has 0 bridgehead atoms. The maximum Gasteiger partial charge on any atom is 0.281 e. The average Bonchev–Trinajstić information content (AvgIpc) is 3.72. The first-order valence-corrected chi connectivity index (χ1v) is 13.5. The molecule has 3 heterocycles. The highest BCUT2D eigenvalue weighted by Gasteiger charge is 2.34. The third-order valence-corrected chi connectivity index (χ3v) is 6.89. The number of hydrazone groups is 1. The first-order chi connectivity index (χ1) is 20.8. The zero-order valence-corrected chi connectivity index (χ0v) is 23.5. The predicted octanol–water partition coefficient (Wildman–Crippen LogP) is 2.53. The third kappa shape index (κ3) is 5.71. The molecular weight excluding hydrogens is 550 g/mol. The Balaban J connectivity index is 1.58. The quantitative estimate of drug-likeness (QED) is 0.276. The minimum atomic E-state index is -0.547. The van der Waals surface area contributed by atoms with Crippen molar-refractivity contribution >= 4 is 41.1 Å². The van der Waals surface area contributed by atoms with E-state index >= 15 is 0 Å². The Morgan fingerprint density at radius 3 is 2.19 bits per heavy atom. The van der Waals surface area contributed by atoms with Gasteiger partial charge in [0.2, 0.25) is 11.8 Å². The molecular formula is C31H29N7O5. The predicted molar refractivity (Wildman–Crippen MR) is 160 cm³/mol. The Hall–Kier alpha value is -5.78. The lowest BCUT2D eigenvalue weighted by atomic mass is 10.1. The van der Waals surface area contributed by atoms with E-state index in [1.807, 2.05) is 6.07 Å². The van der Waals surface area contributed by atoms with Crippen molar-refractivity contribution in [1.82, 2.24) is 25.3 Å². The molecule has 3 N–H and O–H groups in total. The summed E-state index contributed by atoms with van der Waals surface area (Å²) in [5.74, 6) is -1.98. The number of nitrogens with one attached hydrogen (secondary N) is 2. The van der Waals surface area contributed by atoms with Crippen molar-refractivity contribution in [2.45, 2.75) is 12.8 Å². The lowest BCUT2D eigenvalue weighted by Crippen LogP contribution is -2.29. The van der Waals surface area contributed by atoms with Gasteiger partial charge in [-0.25, -0.2) is 0 Å². The van der Waals surface area contributed by atoms with E-state index < -0.39 is 17.7 Å². The van der Waals surface area contributed by atoms with Crippen LogP contribution in [0.1, 0.15) is 28.9 Å². The molecule has 0 saturated carbocycles. The van der Waals surface area contributed by atoms with Crippen LogP contribution in [0.15, 0.2) is 95.3 Å². The summed E-state index contributed by atoms with van der Waals surface area (Å²) in [5.41, 5.74) is 1.48. The zero-order valence-electron chi connectivity index (χ0n) is 23.5. The molecule has 1 saturated heterocycles. The molecule has 5 rings (SSSR count). The fourth-order valence-electron chi connectivity index (χ4n) is 4.70. The van der Waals surface area contributed by atoms with Gasteiger partial charge in [0, 0.05) is 32.8 Å². The third-order valence-electron chi connectivity index (χ3n) is 6.89. The number of carbonyl (C=O) groups excluding carboxylic acids is 4. The van der Waals surface area contributed by atoms with Gasteiger partial charge in [-0.15, -0.1) is 0 Å². The van der Waals surface area contributed by atoms with Gasteiger partial charge in [-0.2, -0.15) is 19.9 Å². The number of nitrogens with zero attached hydrogens (tertiary/aromatic N) is 5. The van der Waals surface area contributed by atoms with E-state index in [-0.39, 0.29) is 34.3 Å². The van der Waals surface area contributed by atoms with Crippen molar-refractivity contribution in [2.24, 2.45) is 5.10 Å². The van der Waals surface area contributed by atoms with Crippen molar-refractivity contribution in [1.29, 1.82) is 0 Å². The molecule has 3 aromatic rings. The summed E-state index contributed by atoms with van der Waals surface area (Å²) >= 11 is 0. The molecule has 2 aliphatic rings. The molecule has 218 valence electrons. The average molecular weight is 580 g/mol. The van der Waals surface area contributed by atoms with Gasteiger partial charge in [-0.1, -0.05) is 36.4 Å². The van der Waals surface area contributed by atoms with E-state index in [9.17, 15) is 24.3 Å². The number of rotatable bonds is 8. The number of amides is 4. The number of hydrogen-bond donors (Lipinski definition) is 3. The van der Waals surface area contributed by atoms with Crippen LogP contribution in [0.2, 0.25) is 0 Å². The molecule has 2 aliphatic heterocycles. The van der Waals surface area contributed by atoms with Gasteiger partial charge in [0.1, 0.15) is 0 Å². The first kappa shape index (κ1) is 28.7. The van der Waals surface area contributed by atoms with Crippen LogP contribution in [0, 0.1) is 0 Å². The number of anilines is 1. The number of hydrogen-bond acceptors (Lipinski definition) is 7. The number of aromatic hydroxyl groups is 1. The number of para-hydroxylation sites is 2. The lowest BCUT2D eigenvalue weighted by molar-refractivity contribution is -0.125. The van der Waals surface area contributed by atoms with E-state index in [0.29, 0.717) is 36.5 Å². The van der Waals surface area contributed by atoms with Crippen LogP contribution in [0.4, 0.5) is 5.69 Å². The minimum absolute atomic E-state index is 0.0240. The topological polar surface area (TPSA) is 149 Å². The van der Waals surface area contributed by atoms with Crippen LogP contribution in [-0.4, -0.2) is 69.8 Å². The van der Waals surface area contributed by atoms with Crippen LogP contribution >= 0.6 is 0 Å². The van der Waals surface area contributed by atoms with Crippen molar-refractivity contribution < 1.29 is 24.3 Å². The highest BCUT2D eigenvalue weighted by Crippen LogP contribution is 2.29. The second-order valence-corrected chi connectivity index (χ2v) is 9.55. The summed E-state index contributed by atoms with van der Waals surface area (Å²) in [7, 11) is 2.90. The monoisotopic (exact) mass is 579 g/mol. The van der Waals surface area contributed by atoms with Crippen LogP contribution in [-0.2, 0) is 14.4 Å². The number of carbonyl (C=O) groups is 4. The Morgan fingerprint density at radius 1 is 0.930 bits per heavy atom. The zero-order chi connectivity index (χ0) is 30.5. The molecule has 1 aromatic heterocycles. The van der Waals surface area contributed by atoms with Gasteiger partial charge in [0.25, 0.3) is 17.7 Å². The SMILES string of the molecule is CNC(=O)C1=NN(c2ccccc2)C(=O)\C1=C/C=C(/C=C/c1c(C(=O)NC)nn(-c2ccccc2)c1O)N1CCCC1=O. The summed E-state index contributed by atoms with van der Waals surface area (Å²) in [5, 5.41) is 25.8. The van der Waals surface area contributed by atoms with Crippen LogP contribution < -0.4 is 15.6 Å². The summed E-state index contributed by atoms with van der Waals surface area (Å²) in [4.78, 5) is 53.0. The molecule has 0 radical (unpaired) electrons. The maximum absolute atomic E-state index is 13.4. The van der Waals surface area contributed by atoms with Crippen LogP contribution in [0.25, 0.3) is 11.8 Å². The van der Waals surface area contributed by atoms with Crippen molar-refractivity contribution in [3.8, 4) is 11.6 Å². The molecule has 43 heavy (non-hydrogen) atoms. The highest BCUT2D eigenvalue weighted by molar-refractivity contribution is 6.54. The second kappa shape index (κ2) is 12.4. The van der Waals surface area contributed by atoms with Gasteiger partial charge < -0.3 is 20.6 Å². The fraction of sp³-hybridized carbons (Fsp3) is 0.161. The number of likely N-dealkylation sites (tertiary alicyclic amines) is 1. The molecule has 12 heteroatoms. The van der Waals surface area contributed by atoms with Gasteiger partial charge in [0.15, 0.2) is 11.4 Å². The normalized spacial score (nSPS) is 16.4. The van der Waals surface area contributed by atoms with E-state index in [1.54, 1.807) is 60.7 Å². The maximum atomic E-state index is 13.4.